The molecule has 0 aliphatic heterocycles. The predicted molar refractivity (Wildman–Crippen MR) is 10.1 cm³/mol. The zero-order valence-electron chi connectivity index (χ0n) is 1.93. The second-order valence-corrected chi connectivity index (χ2v) is 0. The maximum atomic E-state index is 7.88. The zero-order valence-corrected chi connectivity index (χ0v) is 4.33. The van der Waals surface area contributed by atoms with Crippen LogP contribution in [0.2, 0.25) is 0 Å². The first kappa shape index (κ1) is 19.9. The van der Waals surface area contributed by atoms with Gasteiger partial charge >= 0.3 is 19.3 Å². The third kappa shape index (κ3) is 11.8. The van der Waals surface area contributed by atoms with Gasteiger partial charge in [-0.1, -0.05) is 0 Å². The Labute approximate surface area is 48.0 Å². The summed E-state index contributed by atoms with van der Waals surface area (Å²) in [6.45, 7) is 0. The van der Waals surface area contributed by atoms with Crippen molar-refractivity contribution in [2.24, 2.45) is 0 Å². The second-order valence-electron chi connectivity index (χ2n) is 0. The molecule has 0 aliphatic rings. The van der Waals surface area contributed by atoms with E-state index >= 15 is 0 Å². The van der Waals surface area contributed by atoms with Crippen LogP contribution in [0.25, 0.3) is 0 Å². The molecule has 4 heavy (non-hydrogen) atoms. The van der Waals surface area contributed by atoms with Crippen molar-refractivity contribution < 1.29 is 24.8 Å². The van der Waals surface area contributed by atoms with E-state index in [-0.39, 0.29) is 28.5 Å². The molecule has 0 aromatic carbocycles. The van der Waals surface area contributed by atoms with Crippen LogP contribution < -0.4 is 0 Å². The molecule has 0 bridgehead atoms. The van der Waals surface area contributed by atoms with Crippen LogP contribution in [-0.2, 0) is 19.3 Å². The molecule has 0 heterocycles. The van der Waals surface area contributed by atoms with Gasteiger partial charge in [-0.3, -0.25) is 0 Å². The van der Waals surface area contributed by atoms with Crippen LogP contribution in [0.4, 0.5) is 0 Å². The van der Waals surface area contributed by atoms with Crippen LogP contribution in [0.15, 0.2) is 0 Å². The summed E-state index contributed by atoms with van der Waals surface area (Å²) in [7, 11) is 0. The van der Waals surface area contributed by atoms with Gasteiger partial charge in [-0.25, -0.2) is 0 Å². The summed E-state index contributed by atoms with van der Waals surface area (Å²) in [6, 6.07) is 0. The molecule has 0 atom stereocenters. The molecule has 0 aromatic rings. The molecule has 4 heteroatoms. The van der Waals surface area contributed by atoms with Crippen LogP contribution in [0, 0.1) is 0 Å². The van der Waals surface area contributed by atoms with Crippen molar-refractivity contribution in [3.63, 3.8) is 0 Å². The van der Waals surface area contributed by atoms with E-state index in [0.29, 0.717) is 0 Å². The molecule has 0 unspecified atom stereocenters. The van der Waals surface area contributed by atoms with Gasteiger partial charge in [0, 0.05) is 23.1 Å². The Morgan fingerprint density at radius 2 is 1.25 bits per heavy atom. The quantitative estimate of drug-likeness (QED) is 0.363. The van der Waals surface area contributed by atoms with E-state index in [9.17, 15) is 0 Å². The third-order valence-corrected chi connectivity index (χ3v) is 0. The van der Waals surface area contributed by atoms with E-state index in [1.54, 1.807) is 0 Å². The minimum atomic E-state index is 0. The van der Waals surface area contributed by atoms with Crippen LogP contribution in [0.3, 0.4) is 0 Å². The first-order valence-corrected chi connectivity index (χ1v) is 0.532. The molecular formula is H2MgNiO2. The van der Waals surface area contributed by atoms with Crippen molar-refractivity contribution in [3.8, 4) is 0 Å². The fourth-order valence-corrected chi connectivity index (χ4v) is 0. The Hall–Kier alpha value is 1.02. The molecule has 0 aromatic heterocycles. The van der Waals surface area contributed by atoms with E-state index < -0.39 is 0 Å². The predicted octanol–water partition coefficient (Wildman–Crippen LogP) is -1.33. The molecule has 0 amide bonds. The van der Waals surface area contributed by atoms with E-state index in [1.165, 1.54) is 0 Å². The van der Waals surface area contributed by atoms with Crippen LogP contribution in [0.1, 0.15) is 0 Å². The van der Waals surface area contributed by atoms with E-state index in [2.05, 4.69) is 15.4 Å². The minimum absolute atomic E-state index is 0. The molecule has 0 saturated heterocycles. The van der Waals surface area contributed by atoms with Gasteiger partial charge in [0.05, 0.1) is 0 Å². The molecule has 2 N–H and O–H groups in total. The first-order valence-electron chi connectivity index (χ1n) is 0.129. The van der Waals surface area contributed by atoms with Gasteiger partial charge in [0.25, 0.3) is 0 Å². The van der Waals surface area contributed by atoms with Crippen molar-refractivity contribution in [2.75, 3.05) is 0 Å². The monoisotopic (exact) mass is 116 g/mol. The van der Waals surface area contributed by atoms with Gasteiger partial charge in [-0.05, 0) is 0 Å². The van der Waals surface area contributed by atoms with Crippen LogP contribution in [0.5, 0.6) is 0 Å². The third-order valence-electron chi connectivity index (χ3n) is 0. The zero-order chi connectivity index (χ0) is 2.00. The topological polar surface area (TPSA) is 48.6 Å². The molecular weight excluding hydrogens is 115 g/mol. The normalized spacial score (nSPS) is 1.50. The van der Waals surface area contributed by atoms with Gasteiger partial charge in [-0.2, -0.15) is 0 Å². The Balaban J connectivity index is -0.00000000500. The van der Waals surface area contributed by atoms with Crippen molar-refractivity contribution in [3.05, 3.63) is 0 Å². The van der Waals surface area contributed by atoms with E-state index in [4.69, 9.17) is 3.90 Å². The van der Waals surface area contributed by atoms with Gasteiger partial charge in [-0.15, -0.1) is 0 Å². The van der Waals surface area contributed by atoms with Gasteiger partial charge in [0.1, 0.15) is 0 Å². The fraction of sp³-hybridized carbons (Fsp3) is 0. The average molecular weight is 117 g/mol. The van der Waals surface area contributed by atoms with Gasteiger partial charge in [0.15, 0.2) is 0 Å². The summed E-state index contributed by atoms with van der Waals surface area (Å²) >= 11 is 2.62. The Morgan fingerprint density at radius 1 is 1.25 bits per heavy atom. The summed E-state index contributed by atoms with van der Waals surface area (Å²) in [5.41, 5.74) is 0. The maximum absolute atomic E-state index is 7.88. The molecule has 0 saturated carbocycles. The summed E-state index contributed by atoms with van der Waals surface area (Å²) in [5.74, 6) is 0. The SMILES string of the molecule is O.[Mg].[O]=[Ni]. The number of hydrogen-bond acceptors (Lipinski definition) is 1. The van der Waals surface area contributed by atoms with Crippen molar-refractivity contribution in [2.45, 2.75) is 0 Å². The second kappa shape index (κ2) is 35.2. The molecule has 0 rings (SSSR count). The summed E-state index contributed by atoms with van der Waals surface area (Å²) in [6.07, 6.45) is 0. The van der Waals surface area contributed by atoms with Gasteiger partial charge < -0.3 is 5.48 Å². The Bertz CT molecular complexity index is 6.00. The van der Waals surface area contributed by atoms with Crippen molar-refractivity contribution >= 4 is 23.1 Å². The Morgan fingerprint density at radius 3 is 1.25 bits per heavy atom. The summed E-state index contributed by atoms with van der Waals surface area (Å²) < 4.78 is 7.88. The van der Waals surface area contributed by atoms with Gasteiger partial charge in [0.2, 0.25) is 0 Å². The van der Waals surface area contributed by atoms with Crippen molar-refractivity contribution in [1.82, 2.24) is 0 Å². The standard InChI is InChI=1S/Mg.Ni.H2O.O/h;;1H2;. The first-order chi connectivity index (χ1) is 1.00. The van der Waals surface area contributed by atoms with E-state index in [0.717, 1.165) is 0 Å². The molecule has 0 fully saturated rings. The summed E-state index contributed by atoms with van der Waals surface area (Å²) in [4.78, 5) is 0. The van der Waals surface area contributed by atoms with E-state index in [1.807, 2.05) is 0 Å². The molecule has 26 valence electrons. The molecule has 0 aliphatic carbocycles. The number of hydrogen-bond donors (Lipinski definition) is 0. The summed E-state index contributed by atoms with van der Waals surface area (Å²) in [5, 5.41) is 0. The molecule has 2 nitrogen and oxygen atoms in total. The van der Waals surface area contributed by atoms with Crippen molar-refractivity contribution in [1.29, 1.82) is 0 Å². The number of rotatable bonds is 0. The molecule has 0 spiro atoms. The average Bonchev–Trinajstić information content (AvgIpc) is 1.00. The fourth-order valence-electron chi connectivity index (χ4n) is 0. The van der Waals surface area contributed by atoms with Crippen LogP contribution in [-0.4, -0.2) is 28.5 Å². The Kier molecular flexibility index (Phi) is 175. The molecule has 2 radical (unpaired) electrons. The van der Waals surface area contributed by atoms with Crippen LogP contribution >= 0.6 is 0 Å².